The van der Waals surface area contributed by atoms with Gasteiger partial charge in [0.1, 0.15) is 5.60 Å². The number of carbonyl (C=O) groups excluding carboxylic acids is 1. The van der Waals surface area contributed by atoms with Gasteiger partial charge in [-0.25, -0.2) is 4.79 Å². The normalized spacial score (nSPS) is 17.9. The molecule has 1 aromatic rings. The smallest absolute Gasteiger partial charge is 0.414 e. The molecule has 3 nitrogen and oxygen atoms in total. The van der Waals surface area contributed by atoms with Crippen molar-refractivity contribution in [1.82, 2.24) is 4.90 Å². The largest absolute Gasteiger partial charge is 0.443 e. The molecule has 0 atom stereocenters. The van der Waals surface area contributed by atoms with Gasteiger partial charge in [-0.15, -0.1) is 0 Å². The summed E-state index contributed by atoms with van der Waals surface area (Å²) >= 11 is 0. The lowest BCUT2D eigenvalue weighted by Gasteiger charge is -2.37. The van der Waals surface area contributed by atoms with Crippen LogP contribution in [-0.4, -0.2) is 23.1 Å². The maximum atomic E-state index is 12.5. The minimum atomic E-state index is -0.405. The van der Waals surface area contributed by atoms with Gasteiger partial charge in [0.25, 0.3) is 0 Å². The van der Waals surface area contributed by atoms with Gasteiger partial charge in [0.05, 0.1) is 0 Å². The number of ether oxygens (including phenoxy) is 1. The van der Waals surface area contributed by atoms with Gasteiger partial charge in [-0.3, -0.25) is 4.90 Å². The molecule has 1 heterocycles. The third-order valence-corrected chi connectivity index (χ3v) is 4.64. The number of amides is 1. The second-order valence-electron chi connectivity index (χ2n) is 7.24. The highest BCUT2D eigenvalue weighted by atomic mass is 16.6. The molecule has 0 radical (unpaired) electrons. The first-order valence-electron chi connectivity index (χ1n) is 9.48. The Balaban J connectivity index is 2.23. The molecule has 0 bridgehead atoms. The van der Waals surface area contributed by atoms with E-state index in [-0.39, 0.29) is 6.09 Å². The quantitative estimate of drug-likeness (QED) is 0.496. The van der Waals surface area contributed by atoms with Crippen molar-refractivity contribution in [2.75, 3.05) is 6.54 Å². The number of hydrogen-bond acceptors (Lipinski definition) is 2. The topological polar surface area (TPSA) is 29.5 Å². The highest BCUT2D eigenvalue weighted by molar-refractivity contribution is 5.72. The van der Waals surface area contributed by atoms with E-state index in [9.17, 15) is 4.79 Å². The predicted octanol–water partition coefficient (Wildman–Crippen LogP) is 5.85. The van der Waals surface area contributed by atoms with E-state index < -0.39 is 5.60 Å². The number of cyclic esters (lactones) is 1. The van der Waals surface area contributed by atoms with Crippen LogP contribution >= 0.6 is 0 Å². The van der Waals surface area contributed by atoms with Crippen molar-refractivity contribution in [3.63, 3.8) is 0 Å². The molecule has 0 aliphatic carbocycles. The summed E-state index contributed by atoms with van der Waals surface area (Å²) in [6.45, 7) is 10.7. The van der Waals surface area contributed by atoms with Crippen LogP contribution in [0, 0.1) is 11.8 Å². The molecule has 27 heavy (non-hydrogen) atoms. The molecule has 1 fully saturated rings. The Morgan fingerprint density at radius 2 is 1.96 bits per heavy atom. The van der Waals surface area contributed by atoms with E-state index in [2.05, 4.69) is 25.7 Å². The number of hydrogen-bond donors (Lipinski definition) is 0. The summed E-state index contributed by atoms with van der Waals surface area (Å²) in [5.41, 5.74) is 3.53. The zero-order valence-corrected chi connectivity index (χ0v) is 17.0. The summed E-state index contributed by atoms with van der Waals surface area (Å²) in [5.74, 6) is 6.36. The molecule has 1 aromatic carbocycles. The van der Waals surface area contributed by atoms with Crippen LogP contribution in [0.15, 0.2) is 65.4 Å². The first kappa shape index (κ1) is 20.6. The molecule has 1 aliphatic rings. The van der Waals surface area contributed by atoms with Gasteiger partial charge in [0, 0.05) is 29.8 Å². The molecule has 1 amide bonds. The SMILES string of the molecule is CC=C(C#Cc1ccccc1)C=CC(=C(C)CC)N1CCC(C)(C)OC1=O. The number of benzene rings is 1. The van der Waals surface area contributed by atoms with E-state index in [4.69, 9.17) is 4.74 Å². The Kier molecular flexibility index (Phi) is 7.07. The van der Waals surface area contributed by atoms with Gasteiger partial charge in [0.2, 0.25) is 0 Å². The van der Waals surface area contributed by atoms with E-state index in [0.29, 0.717) is 6.54 Å². The summed E-state index contributed by atoms with van der Waals surface area (Å²) in [4.78, 5) is 14.2. The third kappa shape index (κ3) is 5.89. The van der Waals surface area contributed by atoms with Crippen LogP contribution in [0.3, 0.4) is 0 Å². The minimum Gasteiger partial charge on any atom is -0.443 e. The molecular formula is C24H29NO2. The van der Waals surface area contributed by atoms with Gasteiger partial charge in [-0.05, 0) is 64.0 Å². The van der Waals surface area contributed by atoms with Crippen molar-refractivity contribution in [1.29, 1.82) is 0 Å². The molecule has 1 saturated heterocycles. The van der Waals surface area contributed by atoms with Gasteiger partial charge >= 0.3 is 6.09 Å². The average Bonchev–Trinajstić information content (AvgIpc) is 2.65. The lowest BCUT2D eigenvalue weighted by molar-refractivity contribution is -0.0166. The Labute approximate surface area is 163 Å². The average molecular weight is 364 g/mol. The lowest BCUT2D eigenvalue weighted by Crippen LogP contribution is -2.46. The summed E-state index contributed by atoms with van der Waals surface area (Å²) in [6.07, 6.45) is 7.31. The summed E-state index contributed by atoms with van der Waals surface area (Å²) in [5, 5.41) is 0. The maximum Gasteiger partial charge on any atom is 0.414 e. The van der Waals surface area contributed by atoms with Crippen LogP contribution in [0.2, 0.25) is 0 Å². The van der Waals surface area contributed by atoms with Gasteiger partial charge < -0.3 is 4.74 Å². The number of rotatable bonds is 4. The molecular weight excluding hydrogens is 334 g/mol. The highest BCUT2D eigenvalue weighted by Crippen LogP contribution is 2.27. The molecule has 142 valence electrons. The molecule has 1 aliphatic heterocycles. The van der Waals surface area contributed by atoms with Crippen LogP contribution in [0.4, 0.5) is 4.79 Å². The second-order valence-corrected chi connectivity index (χ2v) is 7.24. The zero-order chi connectivity index (χ0) is 19.9. The Morgan fingerprint density at radius 1 is 1.26 bits per heavy atom. The highest BCUT2D eigenvalue weighted by Gasteiger charge is 2.34. The van der Waals surface area contributed by atoms with E-state index >= 15 is 0 Å². The van der Waals surface area contributed by atoms with E-state index in [1.807, 2.05) is 69.3 Å². The minimum absolute atomic E-state index is 0.281. The fourth-order valence-corrected chi connectivity index (χ4v) is 2.72. The molecule has 0 aromatic heterocycles. The van der Waals surface area contributed by atoms with Crippen molar-refractivity contribution in [2.45, 2.75) is 53.1 Å². The number of nitrogens with zero attached hydrogens (tertiary/aromatic N) is 1. The lowest BCUT2D eigenvalue weighted by atomic mass is 10.0. The van der Waals surface area contributed by atoms with Gasteiger partial charge in [-0.2, -0.15) is 0 Å². The van der Waals surface area contributed by atoms with E-state index in [0.717, 1.165) is 35.2 Å². The summed E-state index contributed by atoms with van der Waals surface area (Å²) in [6, 6.07) is 9.91. The Hall–Kier alpha value is -2.73. The third-order valence-electron chi connectivity index (χ3n) is 4.64. The predicted molar refractivity (Wildman–Crippen MR) is 111 cm³/mol. The van der Waals surface area contributed by atoms with Crippen LogP contribution in [0.5, 0.6) is 0 Å². The van der Waals surface area contributed by atoms with Crippen LogP contribution in [-0.2, 0) is 4.74 Å². The molecule has 2 rings (SSSR count). The first-order chi connectivity index (χ1) is 12.9. The monoisotopic (exact) mass is 363 g/mol. The molecule has 0 saturated carbocycles. The van der Waals surface area contributed by atoms with Gasteiger partial charge in [0.15, 0.2) is 0 Å². The molecule has 3 heteroatoms. The molecule has 0 N–H and O–H groups in total. The van der Waals surface area contributed by atoms with E-state index in [1.54, 1.807) is 4.90 Å². The van der Waals surface area contributed by atoms with Crippen molar-refractivity contribution in [3.8, 4) is 11.8 Å². The fourth-order valence-electron chi connectivity index (χ4n) is 2.72. The number of allylic oxidation sites excluding steroid dienone is 5. The van der Waals surface area contributed by atoms with Crippen molar-refractivity contribution < 1.29 is 9.53 Å². The molecule has 0 unspecified atom stereocenters. The fraction of sp³-hybridized carbons (Fsp3) is 0.375. The Morgan fingerprint density at radius 3 is 2.56 bits per heavy atom. The zero-order valence-electron chi connectivity index (χ0n) is 17.0. The van der Waals surface area contributed by atoms with Gasteiger partial charge in [-0.1, -0.05) is 43.0 Å². The second kappa shape index (κ2) is 9.28. The summed E-state index contributed by atoms with van der Waals surface area (Å²) < 4.78 is 5.58. The van der Waals surface area contributed by atoms with Crippen molar-refractivity contribution >= 4 is 6.09 Å². The first-order valence-corrected chi connectivity index (χ1v) is 9.48. The standard InChI is InChI=1S/C24H29NO2/c1-6-19(3)22(25-18-17-24(4,5)27-23(25)26)16-15-20(7-2)13-14-21-11-9-8-10-12-21/h7-12,15-16H,6,17-18H2,1-5H3. The molecule has 0 spiro atoms. The Bertz CT molecular complexity index is 817. The van der Waals surface area contributed by atoms with Crippen LogP contribution in [0.1, 0.15) is 53.0 Å². The van der Waals surface area contributed by atoms with Crippen LogP contribution in [0.25, 0.3) is 0 Å². The van der Waals surface area contributed by atoms with E-state index in [1.165, 1.54) is 0 Å². The van der Waals surface area contributed by atoms with Crippen molar-refractivity contribution in [3.05, 3.63) is 71.0 Å². The van der Waals surface area contributed by atoms with Crippen molar-refractivity contribution in [2.24, 2.45) is 0 Å². The maximum absolute atomic E-state index is 12.5. The number of carbonyl (C=O) groups is 1. The van der Waals surface area contributed by atoms with Crippen LogP contribution < -0.4 is 0 Å². The summed E-state index contributed by atoms with van der Waals surface area (Å²) in [7, 11) is 0.